The molecule has 2 atom stereocenters. The van der Waals surface area contributed by atoms with Gasteiger partial charge in [-0.3, -0.25) is 9.78 Å². The molecule has 2 unspecified atom stereocenters. The maximum absolute atomic E-state index is 12.2. The topological polar surface area (TPSA) is 51.2 Å². The van der Waals surface area contributed by atoms with Gasteiger partial charge in [-0.1, -0.05) is 19.3 Å². The summed E-state index contributed by atoms with van der Waals surface area (Å²) in [6.45, 7) is 2.83. The first-order valence-corrected chi connectivity index (χ1v) is 8.91. The Morgan fingerprint density at radius 3 is 2.95 bits per heavy atom. The molecular weight excluding hydrogens is 284 g/mol. The van der Waals surface area contributed by atoms with Gasteiger partial charge in [-0.25, -0.2) is 0 Å². The summed E-state index contributed by atoms with van der Waals surface area (Å²) in [5.41, 5.74) is 1.98. The highest BCUT2D eigenvalue weighted by Gasteiger charge is 2.56. The molecule has 2 saturated carbocycles. The smallest absolute Gasteiger partial charge is 0.225 e. The minimum absolute atomic E-state index is 0.129. The van der Waals surface area contributed by atoms with E-state index in [1.807, 2.05) is 0 Å². The Balaban J connectivity index is 1.60. The van der Waals surface area contributed by atoms with Crippen molar-refractivity contribution < 1.29 is 9.53 Å². The highest BCUT2D eigenvalue weighted by Crippen LogP contribution is 2.53. The van der Waals surface area contributed by atoms with Gasteiger partial charge in [0.05, 0.1) is 18.0 Å². The number of rotatable bonds is 5. The maximum atomic E-state index is 12.2. The third-order valence-electron chi connectivity index (χ3n) is 5.09. The van der Waals surface area contributed by atoms with Crippen molar-refractivity contribution in [2.24, 2.45) is 5.41 Å². The van der Waals surface area contributed by atoms with Gasteiger partial charge in [-0.2, -0.15) is 0 Å². The number of hydrogen-bond acceptors (Lipinski definition) is 4. The minimum atomic E-state index is 0.129. The highest BCUT2D eigenvalue weighted by molar-refractivity contribution is 7.09. The summed E-state index contributed by atoms with van der Waals surface area (Å²) in [5.74, 6) is 0.129. The molecule has 0 aromatic carbocycles. The zero-order chi connectivity index (χ0) is 14.7. The SMILES string of the molecule is CCOC1CC(NC(=O)Cc2cncs2)C12CCCCC2. The summed E-state index contributed by atoms with van der Waals surface area (Å²) in [6.07, 6.45) is 9.81. The number of nitrogens with zero attached hydrogens (tertiary/aromatic N) is 1. The second kappa shape index (κ2) is 6.44. The van der Waals surface area contributed by atoms with E-state index in [1.165, 1.54) is 32.1 Å². The van der Waals surface area contributed by atoms with Gasteiger partial charge in [0.15, 0.2) is 0 Å². The zero-order valence-corrected chi connectivity index (χ0v) is 13.5. The number of carbonyl (C=O) groups excluding carboxylic acids is 1. The average molecular weight is 308 g/mol. The van der Waals surface area contributed by atoms with Crippen LogP contribution in [0, 0.1) is 5.41 Å². The molecule has 4 nitrogen and oxygen atoms in total. The number of carbonyl (C=O) groups is 1. The third-order valence-corrected chi connectivity index (χ3v) is 5.87. The van der Waals surface area contributed by atoms with Gasteiger partial charge in [0, 0.05) is 29.1 Å². The van der Waals surface area contributed by atoms with Crippen molar-refractivity contribution in [1.82, 2.24) is 10.3 Å². The first-order chi connectivity index (χ1) is 10.2. The van der Waals surface area contributed by atoms with E-state index in [2.05, 4.69) is 17.2 Å². The number of aromatic nitrogens is 1. The molecule has 1 heterocycles. The molecule has 116 valence electrons. The van der Waals surface area contributed by atoms with Crippen molar-refractivity contribution in [3.8, 4) is 0 Å². The molecule has 2 aliphatic rings. The molecule has 0 bridgehead atoms. The van der Waals surface area contributed by atoms with Gasteiger partial charge in [0.2, 0.25) is 5.91 Å². The predicted octanol–water partition coefficient (Wildman–Crippen LogP) is 2.93. The van der Waals surface area contributed by atoms with Crippen LogP contribution in [0.15, 0.2) is 11.7 Å². The van der Waals surface area contributed by atoms with E-state index in [0.29, 0.717) is 18.6 Å². The fourth-order valence-corrected chi connectivity index (χ4v) is 4.59. The Hall–Kier alpha value is -0.940. The van der Waals surface area contributed by atoms with Crippen LogP contribution in [-0.4, -0.2) is 29.6 Å². The lowest BCUT2D eigenvalue weighted by molar-refractivity contribution is -0.156. The maximum Gasteiger partial charge on any atom is 0.225 e. The normalized spacial score (nSPS) is 27.3. The van der Waals surface area contributed by atoms with Crippen LogP contribution >= 0.6 is 11.3 Å². The summed E-state index contributed by atoms with van der Waals surface area (Å²) < 4.78 is 5.93. The second-order valence-corrected chi connectivity index (χ2v) is 7.21. The summed E-state index contributed by atoms with van der Waals surface area (Å²) in [6, 6.07) is 0.301. The molecule has 2 fully saturated rings. The lowest BCUT2D eigenvalue weighted by Crippen LogP contribution is -2.65. The first-order valence-electron chi connectivity index (χ1n) is 8.03. The number of amides is 1. The Bertz CT molecular complexity index is 469. The highest BCUT2D eigenvalue weighted by atomic mass is 32.1. The van der Waals surface area contributed by atoms with Crippen LogP contribution in [0.3, 0.4) is 0 Å². The van der Waals surface area contributed by atoms with Crippen LogP contribution in [0.5, 0.6) is 0 Å². The molecule has 3 rings (SSSR count). The van der Waals surface area contributed by atoms with Crippen molar-refractivity contribution in [3.05, 3.63) is 16.6 Å². The van der Waals surface area contributed by atoms with E-state index in [0.717, 1.165) is 17.9 Å². The molecule has 1 N–H and O–H groups in total. The van der Waals surface area contributed by atoms with Gasteiger partial charge in [0.1, 0.15) is 0 Å². The van der Waals surface area contributed by atoms with Gasteiger partial charge >= 0.3 is 0 Å². The van der Waals surface area contributed by atoms with E-state index >= 15 is 0 Å². The van der Waals surface area contributed by atoms with Crippen LogP contribution in [0.2, 0.25) is 0 Å². The number of nitrogens with one attached hydrogen (secondary N) is 1. The quantitative estimate of drug-likeness (QED) is 0.910. The Morgan fingerprint density at radius 1 is 1.48 bits per heavy atom. The van der Waals surface area contributed by atoms with Gasteiger partial charge in [-0.05, 0) is 26.2 Å². The summed E-state index contributed by atoms with van der Waals surface area (Å²) >= 11 is 1.54. The van der Waals surface area contributed by atoms with E-state index in [1.54, 1.807) is 23.0 Å². The van der Waals surface area contributed by atoms with Gasteiger partial charge in [-0.15, -0.1) is 11.3 Å². The fraction of sp³-hybridized carbons (Fsp3) is 0.750. The monoisotopic (exact) mass is 308 g/mol. The fourth-order valence-electron chi connectivity index (χ4n) is 4.00. The lowest BCUT2D eigenvalue weighted by atomic mass is 9.55. The summed E-state index contributed by atoms with van der Waals surface area (Å²) in [5, 5.41) is 3.26. The third kappa shape index (κ3) is 2.99. The van der Waals surface area contributed by atoms with Gasteiger partial charge in [0.25, 0.3) is 0 Å². The van der Waals surface area contributed by atoms with E-state index in [4.69, 9.17) is 4.74 Å². The lowest BCUT2D eigenvalue weighted by Gasteiger charge is -2.57. The zero-order valence-electron chi connectivity index (χ0n) is 12.6. The van der Waals surface area contributed by atoms with Crippen molar-refractivity contribution in [2.45, 2.75) is 64.0 Å². The van der Waals surface area contributed by atoms with Crippen LogP contribution in [0.4, 0.5) is 0 Å². The summed E-state index contributed by atoms with van der Waals surface area (Å²) in [4.78, 5) is 17.3. The first kappa shape index (κ1) is 15.0. The Kier molecular flexibility index (Phi) is 4.60. The Morgan fingerprint density at radius 2 is 2.29 bits per heavy atom. The molecule has 1 amide bonds. The standard InChI is InChI=1S/C16H24N2O2S/c1-2-20-14-9-13(16(14)6-4-3-5-7-16)18-15(19)8-12-10-17-11-21-12/h10-11,13-14H,2-9H2,1H3,(H,18,19). The largest absolute Gasteiger partial charge is 0.378 e. The van der Waals surface area contributed by atoms with Crippen LogP contribution < -0.4 is 5.32 Å². The molecule has 2 aliphatic carbocycles. The molecule has 0 saturated heterocycles. The van der Waals surface area contributed by atoms with E-state index in [9.17, 15) is 4.79 Å². The average Bonchev–Trinajstić information content (AvgIpc) is 3.00. The van der Waals surface area contributed by atoms with Crippen molar-refractivity contribution >= 4 is 17.2 Å². The van der Waals surface area contributed by atoms with E-state index < -0.39 is 0 Å². The molecule has 1 aromatic heterocycles. The molecular formula is C16H24N2O2S. The minimum Gasteiger partial charge on any atom is -0.378 e. The molecule has 0 radical (unpaired) electrons. The molecule has 1 spiro atoms. The molecule has 5 heteroatoms. The van der Waals surface area contributed by atoms with Crippen LogP contribution in [0.1, 0.15) is 50.3 Å². The van der Waals surface area contributed by atoms with E-state index in [-0.39, 0.29) is 11.3 Å². The summed E-state index contributed by atoms with van der Waals surface area (Å²) in [7, 11) is 0. The molecule has 0 aliphatic heterocycles. The van der Waals surface area contributed by atoms with Crippen molar-refractivity contribution in [3.63, 3.8) is 0 Å². The second-order valence-electron chi connectivity index (χ2n) is 6.24. The van der Waals surface area contributed by atoms with Gasteiger partial charge < -0.3 is 10.1 Å². The predicted molar refractivity (Wildman–Crippen MR) is 83.3 cm³/mol. The number of ether oxygens (including phenoxy) is 1. The van der Waals surface area contributed by atoms with Crippen LogP contribution in [-0.2, 0) is 16.0 Å². The Labute approximate surface area is 130 Å². The number of thiazole rings is 1. The van der Waals surface area contributed by atoms with Crippen molar-refractivity contribution in [2.75, 3.05) is 6.61 Å². The number of hydrogen-bond donors (Lipinski definition) is 1. The van der Waals surface area contributed by atoms with Crippen molar-refractivity contribution in [1.29, 1.82) is 0 Å². The van der Waals surface area contributed by atoms with Crippen LogP contribution in [0.25, 0.3) is 0 Å². The molecule has 21 heavy (non-hydrogen) atoms. The molecule has 1 aromatic rings.